The van der Waals surface area contributed by atoms with Gasteiger partial charge in [0.15, 0.2) is 23.7 Å². The number of nitriles is 1. The van der Waals surface area contributed by atoms with Gasteiger partial charge in [0.1, 0.15) is 5.78 Å². The topological polar surface area (TPSA) is 287 Å². The Morgan fingerprint density at radius 2 is 1.11 bits per heavy atom. The Kier molecular flexibility index (Phi) is 20.8. The van der Waals surface area contributed by atoms with Crippen molar-refractivity contribution in [3.63, 3.8) is 0 Å². The Labute approximate surface area is 526 Å². The molecule has 478 valence electrons. The molecule has 0 amide bonds. The molecule has 90 heavy (non-hydrogen) atoms. The summed E-state index contributed by atoms with van der Waals surface area (Å²) in [6.45, 7) is 12.2. The lowest BCUT2D eigenvalue weighted by molar-refractivity contribution is -0.156. The van der Waals surface area contributed by atoms with Gasteiger partial charge in [-0.3, -0.25) is 32.4 Å². The SMILES string of the molecule is CC(C)(C)C(=O)CCn1ccc2c(-c3cnn([C@H](CCOS(C)(=O)=O)C4CCCC4)c3)cnnc21.CC(C)(C)C(=O)OCn1ccc2c(-c3cnn([C@H](CCO)C4CCCC4)c3)cnnc21.N#CCC[C@H](C1CCCC1)n1cc(-c2cnnc3[nH]ccc23)cn1. The van der Waals surface area contributed by atoms with Gasteiger partial charge in [-0.05, 0) is 115 Å². The lowest BCUT2D eigenvalue weighted by Crippen LogP contribution is -2.23. The predicted octanol–water partition coefficient (Wildman–Crippen LogP) is 12.2. The van der Waals surface area contributed by atoms with Crippen molar-refractivity contribution in [3.05, 3.63) is 92.6 Å². The maximum atomic E-state index is 12.4. The number of carbonyl (C=O) groups excluding carboxylic acids is 2. The molecule has 3 aliphatic rings. The van der Waals surface area contributed by atoms with Crippen LogP contribution < -0.4 is 0 Å². The number of H-pyrrole nitrogens is 1. The van der Waals surface area contributed by atoms with E-state index in [-0.39, 0.29) is 49.2 Å². The third kappa shape index (κ3) is 15.8. The number of aliphatic hydroxyl groups excluding tert-OH is 1. The van der Waals surface area contributed by atoms with Gasteiger partial charge in [-0.2, -0.15) is 44.3 Å². The smallest absolute Gasteiger partial charge is 0.312 e. The molecule has 9 heterocycles. The number of ether oxygens (including phenoxy) is 1. The highest BCUT2D eigenvalue weighted by Crippen LogP contribution is 2.41. The molecule has 3 saturated carbocycles. The number of esters is 1. The van der Waals surface area contributed by atoms with Crippen LogP contribution in [0, 0.1) is 39.9 Å². The van der Waals surface area contributed by atoms with E-state index in [1.54, 1.807) is 23.2 Å². The molecule has 3 fully saturated rings. The average Bonchev–Trinajstić information content (AvgIpc) is 1.67. The summed E-state index contributed by atoms with van der Waals surface area (Å²) in [5, 5.41) is 60.6. The molecule has 0 aromatic carbocycles. The monoisotopic (exact) mass is 1250 g/mol. The molecule has 3 atom stereocenters. The highest BCUT2D eigenvalue weighted by Gasteiger charge is 2.31. The van der Waals surface area contributed by atoms with Crippen molar-refractivity contribution in [1.82, 2.24) is 74.1 Å². The predicted molar refractivity (Wildman–Crippen MR) is 342 cm³/mol. The van der Waals surface area contributed by atoms with Gasteiger partial charge in [-0.15, -0.1) is 15.3 Å². The first kappa shape index (κ1) is 65.0. The Morgan fingerprint density at radius 1 is 0.644 bits per heavy atom. The van der Waals surface area contributed by atoms with Gasteiger partial charge in [0, 0.05) is 118 Å². The van der Waals surface area contributed by atoms with E-state index in [9.17, 15) is 23.1 Å². The van der Waals surface area contributed by atoms with Crippen LogP contribution >= 0.6 is 0 Å². The number of aromatic amines is 1. The molecule has 9 aromatic rings. The number of ketones is 1. The standard InChI is InChI=1S/C25H35N5O4S.C23H31N5O3.C18H20N6/c1-25(2,3)23(31)10-13-29-12-9-20-21(16-26-28-24(20)29)19-15-27-30(17-19)22(18-7-5-6-8-18)11-14-34-35(4,32)33;1-23(2,3)22(30)31-15-27-10-8-18-19(13-24-26-21(18)27)17-12-25-28(14-17)20(9-11-29)16-6-4-5-7-16;19-8-3-6-17(13-4-1-2-5-13)24-12-14(10-22-24)16-11-21-23-18-15(16)7-9-20-18/h9,12,15-18,22H,5-8,10-11,13-14H2,1-4H3;8,10,12-14,16,20,29H,4-7,9,11,15H2,1-3H3;7,9-13,17H,1-6H2,(H,20,23)/t22-;20-;17-/m111/s1. The van der Waals surface area contributed by atoms with E-state index in [0.29, 0.717) is 61.7 Å². The number of Topliss-reactive ketones (excluding diaryl/α,β-unsaturated/α-hetero) is 1. The second kappa shape index (κ2) is 28.9. The number of rotatable bonds is 22. The molecule has 24 heteroatoms. The molecule has 0 spiro atoms. The zero-order valence-corrected chi connectivity index (χ0v) is 53.8. The zero-order valence-electron chi connectivity index (χ0n) is 53.0. The van der Waals surface area contributed by atoms with E-state index in [1.165, 1.54) is 64.2 Å². The lowest BCUT2D eigenvalue weighted by atomic mass is 9.89. The molecule has 0 aliphatic heterocycles. The summed E-state index contributed by atoms with van der Waals surface area (Å²) >= 11 is 0. The molecule has 12 rings (SSSR count). The van der Waals surface area contributed by atoms with Crippen molar-refractivity contribution in [2.75, 3.05) is 19.5 Å². The number of aryl methyl sites for hydroxylation is 1. The van der Waals surface area contributed by atoms with Crippen LogP contribution in [0.25, 0.3) is 66.5 Å². The molecule has 9 aromatic heterocycles. The molecule has 2 N–H and O–H groups in total. The number of carbonyl (C=O) groups is 2. The van der Waals surface area contributed by atoms with Crippen molar-refractivity contribution >= 4 is 55.0 Å². The summed E-state index contributed by atoms with van der Waals surface area (Å²) < 4.78 is 43.2. The fraction of sp³-hybridized carbons (Fsp3) is 0.545. The van der Waals surface area contributed by atoms with Crippen LogP contribution in [0.2, 0.25) is 0 Å². The molecule has 0 radical (unpaired) electrons. The van der Waals surface area contributed by atoms with Gasteiger partial charge < -0.3 is 19.4 Å². The summed E-state index contributed by atoms with van der Waals surface area (Å²) in [5.41, 5.74) is 7.12. The van der Waals surface area contributed by atoms with Crippen LogP contribution in [-0.4, -0.2) is 119 Å². The normalized spacial score (nSPS) is 16.3. The van der Waals surface area contributed by atoms with Gasteiger partial charge in [-0.25, -0.2) is 0 Å². The van der Waals surface area contributed by atoms with Crippen LogP contribution in [0.5, 0.6) is 0 Å². The Hall–Kier alpha value is -8.01. The molecular formula is C66H86N16O7S. The van der Waals surface area contributed by atoms with Crippen molar-refractivity contribution in [2.45, 2.75) is 182 Å². The van der Waals surface area contributed by atoms with Crippen LogP contribution in [0.3, 0.4) is 0 Å². The summed E-state index contributed by atoms with van der Waals surface area (Å²) in [5.74, 6) is 1.59. The minimum atomic E-state index is -3.47. The highest BCUT2D eigenvalue weighted by molar-refractivity contribution is 7.85. The first-order valence-electron chi connectivity index (χ1n) is 31.8. The van der Waals surface area contributed by atoms with Gasteiger partial charge in [0.25, 0.3) is 10.1 Å². The fourth-order valence-corrected chi connectivity index (χ4v) is 13.6. The third-order valence-electron chi connectivity index (χ3n) is 18.1. The largest absolute Gasteiger partial charge is 0.443 e. The number of nitrogens with one attached hydrogen (secondary N) is 1. The molecule has 23 nitrogen and oxygen atoms in total. The van der Waals surface area contributed by atoms with E-state index in [1.807, 2.05) is 123 Å². The fourth-order valence-electron chi connectivity index (χ4n) is 13.2. The summed E-state index contributed by atoms with van der Waals surface area (Å²) in [6, 6.07) is 8.88. The molecule has 0 unspecified atom stereocenters. The first-order chi connectivity index (χ1) is 43.3. The Bertz CT molecular complexity index is 4010. The highest BCUT2D eigenvalue weighted by atomic mass is 32.2. The number of hydrogen-bond acceptors (Lipinski definition) is 17. The van der Waals surface area contributed by atoms with Crippen molar-refractivity contribution in [1.29, 1.82) is 5.26 Å². The lowest BCUT2D eigenvalue weighted by Gasteiger charge is -2.23. The van der Waals surface area contributed by atoms with Crippen LogP contribution in [0.1, 0.15) is 169 Å². The minimum absolute atomic E-state index is 0.0753. The van der Waals surface area contributed by atoms with Crippen molar-refractivity contribution < 1.29 is 32.0 Å². The first-order valence-corrected chi connectivity index (χ1v) is 33.7. The quantitative estimate of drug-likeness (QED) is 0.0471. The zero-order chi connectivity index (χ0) is 63.6. The Morgan fingerprint density at radius 3 is 1.59 bits per heavy atom. The second-order valence-corrected chi connectivity index (χ2v) is 28.1. The molecule has 0 saturated heterocycles. The van der Waals surface area contributed by atoms with Crippen LogP contribution in [0.15, 0.2) is 92.6 Å². The summed E-state index contributed by atoms with van der Waals surface area (Å²) in [4.78, 5) is 27.6. The minimum Gasteiger partial charge on any atom is -0.443 e. The van der Waals surface area contributed by atoms with E-state index in [4.69, 9.17) is 14.2 Å². The summed E-state index contributed by atoms with van der Waals surface area (Å²) in [7, 11) is -3.47. The number of hydrogen-bond donors (Lipinski definition) is 2. The van der Waals surface area contributed by atoms with E-state index in [0.717, 1.165) is 86.4 Å². The van der Waals surface area contributed by atoms with E-state index >= 15 is 0 Å². The maximum Gasteiger partial charge on any atom is 0.312 e. The number of aliphatic hydroxyl groups is 1. The second-order valence-electron chi connectivity index (χ2n) is 26.5. The molecular weight excluding hydrogens is 1160 g/mol. The van der Waals surface area contributed by atoms with Crippen molar-refractivity contribution in [2.24, 2.45) is 28.6 Å². The third-order valence-corrected chi connectivity index (χ3v) is 18.7. The molecule has 0 bridgehead atoms. The summed E-state index contributed by atoms with van der Waals surface area (Å²) in [6.07, 6.45) is 41.5. The molecule has 3 aliphatic carbocycles. The van der Waals surface area contributed by atoms with Gasteiger partial charge in [0.05, 0.1) is 79.7 Å². The number of nitrogens with zero attached hydrogens (tertiary/aromatic N) is 15. The van der Waals surface area contributed by atoms with Gasteiger partial charge in [-0.1, -0.05) is 59.3 Å². The number of aromatic nitrogens is 15. The van der Waals surface area contributed by atoms with Crippen LogP contribution in [0.4, 0.5) is 0 Å². The number of fused-ring (bicyclic) bond motifs is 3. The van der Waals surface area contributed by atoms with Gasteiger partial charge >= 0.3 is 5.97 Å². The van der Waals surface area contributed by atoms with E-state index < -0.39 is 15.5 Å². The average molecular weight is 1250 g/mol. The Balaban J connectivity index is 0.000000151. The van der Waals surface area contributed by atoms with E-state index in [2.05, 4.69) is 67.8 Å². The van der Waals surface area contributed by atoms with Crippen LogP contribution in [-0.2, 0) is 41.9 Å². The maximum absolute atomic E-state index is 12.4. The van der Waals surface area contributed by atoms with Crippen molar-refractivity contribution in [3.8, 4) is 39.4 Å². The van der Waals surface area contributed by atoms with Gasteiger partial charge in [0.2, 0.25) is 0 Å².